The molecule has 1 amide bonds. The van der Waals surface area contributed by atoms with Crippen molar-refractivity contribution in [1.29, 1.82) is 0 Å². The van der Waals surface area contributed by atoms with Crippen LogP contribution in [0.3, 0.4) is 0 Å². The van der Waals surface area contributed by atoms with Crippen molar-refractivity contribution >= 4 is 17.3 Å². The van der Waals surface area contributed by atoms with E-state index in [4.69, 9.17) is 28.1 Å². The summed E-state index contributed by atoms with van der Waals surface area (Å²) in [6.07, 6.45) is 12.5. The van der Waals surface area contributed by atoms with Gasteiger partial charge in [0, 0.05) is 17.3 Å². The van der Waals surface area contributed by atoms with Gasteiger partial charge in [0.15, 0.2) is 0 Å². The summed E-state index contributed by atoms with van der Waals surface area (Å²) < 4.78 is 10.2. The highest BCUT2D eigenvalue weighted by atomic mass is 16.5. The standard InChI is InChI=1S/C16H20N2O2.C9H9NO/c1-4-12-11-14(5-6-15(12)20-3)17-16(19)13-7-9-18(2)10-8-13;1-3-7-6-8(10)4-5-9(7)11-2/h1,5-6,11,13H,7-10H2,2-3H3,(H,17,19);1,4-6H,10H2,2H3. The van der Waals surface area contributed by atoms with Gasteiger partial charge >= 0.3 is 0 Å². The highest BCUT2D eigenvalue weighted by molar-refractivity contribution is 5.93. The minimum absolute atomic E-state index is 0.0752. The maximum Gasteiger partial charge on any atom is 0.227 e. The molecule has 3 rings (SSSR count). The number of nitrogens with zero attached hydrogens (tertiary/aromatic N) is 1. The van der Waals surface area contributed by atoms with Gasteiger partial charge in [0.25, 0.3) is 0 Å². The third kappa shape index (κ3) is 6.70. The highest BCUT2D eigenvalue weighted by Gasteiger charge is 2.23. The first kappa shape index (κ1) is 23.7. The number of methoxy groups -OCH3 is 2. The van der Waals surface area contributed by atoms with Crippen LogP contribution in [-0.4, -0.2) is 45.2 Å². The fourth-order valence-electron chi connectivity index (χ4n) is 3.25. The molecular weight excluding hydrogens is 390 g/mol. The largest absolute Gasteiger partial charge is 0.495 e. The van der Waals surface area contributed by atoms with Crippen molar-refractivity contribution in [2.75, 3.05) is 45.4 Å². The van der Waals surface area contributed by atoms with Crippen LogP contribution in [0.2, 0.25) is 0 Å². The molecule has 0 saturated carbocycles. The van der Waals surface area contributed by atoms with Gasteiger partial charge in [0.2, 0.25) is 5.91 Å². The van der Waals surface area contributed by atoms with Crippen LogP contribution in [-0.2, 0) is 4.79 Å². The third-order valence-corrected chi connectivity index (χ3v) is 5.09. The fourth-order valence-corrected chi connectivity index (χ4v) is 3.25. The summed E-state index contributed by atoms with van der Waals surface area (Å²) in [5.74, 6) is 6.53. The van der Waals surface area contributed by atoms with Gasteiger partial charge in [-0.2, -0.15) is 0 Å². The molecule has 2 aromatic carbocycles. The van der Waals surface area contributed by atoms with E-state index in [0.717, 1.165) is 31.6 Å². The number of carbonyl (C=O) groups is 1. The van der Waals surface area contributed by atoms with Crippen molar-refractivity contribution in [3.63, 3.8) is 0 Å². The van der Waals surface area contributed by atoms with Crippen molar-refractivity contribution in [3.05, 3.63) is 47.5 Å². The van der Waals surface area contributed by atoms with E-state index in [9.17, 15) is 4.79 Å². The number of hydrogen-bond donors (Lipinski definition) is 2. The third-order valence-electron chi connectivity index (χ3n) is 5.09. The Morgan fingerprint density at radius 1 is 1.03 bits per heavy atom. The van der Waals surface area contributed by atoms with Crippen LogP contribution < -0.4 is 20.5 Å². The molecular formula is C25H29N3O3. The molecule has 3 N–H and O–H groups in total. The van der Waals surface area contributed by atoms with Gasteiger partial charge < -0.3 is 25.4 Å². The maximum absolute atomic E-state index is 12.2. The van der Waals surface area contributed by atoms with Crippen LogP contribution in [0.15, 0.2) is 36.4 Å². The lowest BCUT2D eigenvalue weighted by molar-refractivity contribution is -0.121. The van der Waals surface area contributed by atoms with E-state index in [0.29, 0.717) is 28.3 Å². The number of amides is 1. The average Bonchev–Trinajstić information content (AvgIpc) is 2.79. The van der Waals surface area contributed by atoms with Crippen LogP contribution in [0.1, 0.15) is 24.0 Å². The number of carbonyl (C=O) groups excluding carboxylic acids is 1. The number of likely N-dealkylation sites (tertiary alicyclic amines) is 1. The number of hydrogen-bond acceptors (Lipinski definition) is 5. The SMILES string of the molecule is C#Cc1cc(N)ccc1OC.C#Cc1cc(NC(=O)C2CCN(C)CC2)ccc1OC. The first-order chi connectivity index (χ1) is 14.9. The number of anilines is 2. The summed E-state index contributed by atoms with van der Waals surface area (Å²) in [6.45, 7) is 1.94. The molecule has 0 spiro atoms. The Morgan fingerprint density at radius 2 is 1.58 bits per heavy atom. The number of benzene rings is 2. The number of nitrogens with one attached hydrogen (secondary N) is 1. The van der Waals surface area contributed by atoms with Gasteiger partial charge in [-0.15, -0.1) is 12.8 Å². The van der Waals surface area contributed by atoms with Crippen molar-refractivity contribution in [2.45, 2.75) is 12.8 Å². The number of nitrogens with two attached hydrogens (primary N) is 1. The van der Waals surface area contributed by atoms with Gasteiger partial charge in [-0.3, -0.25) is 4.79 Å². The molecule has 1 aliphatic heterocycles. The predicted molar refractivity (Wildman–Crippen MR) is 125 cm³/mol. The molecule has 162 valence electrons. The second-order valence-corrected chi connectivity index (χ2v) is 7.23. The lowest BCUT2D eigenvalue weighted by Gasteiger charge is -2.28. The highest BCUT2D eigenvalue weighted by Crippen LogP contribution is 2.23. The summed E-state index contributed by atoms with van der Waals surface area (Å²) in [5.41, 5.74) is 8.22. The number of nitrogen functional groups attached to an aromatic ring is 1. The zero-order chi connectivity index (χ0) is 22.8. The first-order valence-electron chi connectivity index (χ1n) is 9.96. The lowest BCUT2D eigenvalue weighted by atomic mass is 9.96. The number of rotatable bonds is 4. The number of piperidine rings is 1. The average molecular weight is 420 g/mol. The Kier molecular flexibility index (Phi) is 8.81. The second-order valence-electron chi connectivity index (χ2n) is 7.23. The molecule has 0 bridgehead atoms. The zero-order valence-electron chi connectivity index (χ0n) is 18.3. The monoisotopic (exact) mass is 419 g/mol. The van der Waals surface area contributed by atoms with Gasteiger partial charge in [0.1, 0.15) is 11.5 Å². The van der Waals surface area contributed by atoms with Crippen LogP contribution in [0.5, 0.6) is 11.5 Å². The van der Waals surface area contributed by atoms with E-state index in [1.54, 1.807) is 44.6 Å². The maximum atomic E-state index is 12.2. The molecule has 0 radical (unpaired) electrons. The molecule has 2 aromatic rings. The topological polar surface area (TPSA) is 76.8 Å². The van der Waals surface area contributed by atoms with Gasteiger partial charge in [-0.25, -0.2) is 0 Å². The smallest absolute Gasteiger partial charge is 0.227 e. The molecule has 0 aliphatic carbocycles. The van der Waals surface area contributed by atoms with Crippen LogP contribution >= 0.6 is 0 Å². The van der Waals surface area contributed by atoms with Crippen molar-refractivity contribution in [3.8, 4) is 36.2 Å². The summed E-state index contributed by atoms with van der Waals surface area (Å²) in [4.78, 5) is 14.5. The molecule has 1 saturated heterocycles. The Balaban J connectivity index is 0.000000262. The van der Waals surface area contributed by atoms with E-state index in [1.165, 1.54) is 0 Å². The summed E-state index contributed by atoms with van der Waals surface area (Å²) in [5, 5.41) is 2.94. The van der Waals surface area contributed by atoms with Gasteiger partial charge in [-0.05, 0) is 69.4 Å². The number of terminal acetylenes is 2. The van der Waals surface area contributed by atoms with Crippen molar-refractivity contribution in [1.82, 2.24) is 4.90 Å². The van der Waals surface area contributed by atoms with Crippen LogP contribution in [0.25, 0.3) is 0 Å². The molecule has 6 nitrogen and oxygen atoms in total. The quantitative estimate of drug-likeness (QED) is 0.588. The molecule has 31 heavy (non-hydrogen) atoms. The number of ether oxygens (including phenoxy) is 2. The van der Waals surface area contributed by atoms with Crippen LogP contribution in [0.4, 0.5) is 11.4 Å². The van der Waals surface area contributed by atoms with E-state index in [1.807, 2.05) is 6.07 Å². The van der Waals surface area contributed by atoms with E-state index in [-0.39, 0.29) is 11.8 Å². The Bertz CT molecular complexity index is 980. The molecule has 1 fully saturated rings. The first-order valence-corrected chi connectivity index (χ1v) is 9.96. The van der Waals surface area contributed by atoms with E-state index < -0.39 is 0 Å². The Hall–Kier alpha value is -3.61. The minimum atomic E-state index is 0.0752. The lowest BCUT2D eigenvalue weighted by Crippen LogP contribution is -2.35. The van der Waals surface area contributed by atoms with Crippen molar-refractivity contribution < 1.29 is 14.3 Å². The summed E-state index contributed by atoms with van der Waals surface area (Å²) in [7, 11) is 5.23. The molecule has 0 aromatic heterocycles. The van der Waals surface area contributed by atoms with Crippen LogP contribution in [0, 0.1) is 30.6 Å². The van der Waals surface area contributed by atoms with Gasteiger partial charge in [-0.1, -0.05) is 11.8 Å². The Morgan fingerprint density at radius 3 is 2.13 bits per heavy atom. The predicted octanol–water partition coefficient (Wildman–Crippen LogP) is 3.22. The molecule has 1 aliphatic rings. The van der Waals surface area contributed by atoms with E-state index >= 15 is 0 Å². The Labute approximate surface area is 184 Å². The minimum Gasteiger partial charge on any atom is -0.495 e. The summed E-state index contributed by atoms with van der Waals surface area (Å²) in [6, 6.07) is 10.6. The normalized spacial score (nSPS) is 13.7. The van der Waals surface area contributed by atoms with Gasteiger partial charge in [0.05, 0.1) is 25.3 Å². The second kappa shape index (κ2) is 11.5. The molecule has 0 unspecified atom stereocenters. The molecule has 0 atom stereocenters. The van der Waals surface area contributed by atoms with Crippen molar-refractivity contribution in [2.24, 2.45) is 5.92 Å². The molecule has 6 heteroatoms. The zero-order valence-corrected chi connectivity index (χ0v) is 18.3. The summed E-state index contributed by atoms with van der Waals surface area (Å²) >= 11 is 0. The fraction of sp³-hybridized carbons (Fsp3) is 0.320. The van der Waals surface area contributed by atoms with E-state index in [2.05, 4.69) is 29.1 Å². The molecule has 1 heterocycles.